The first-order valence-corrected chi connectivity index (χ1v) is 6.79. The maximum atomic E-state index is 6.08. The summed E-state index contributed by atoms with van der Waals surface area (Å²) in [6.45, 7) is 4.39. The van der Waals surface area contributed by atoms with E-state index in [1.54, 1.807) is 12.1 Å². The minimum absolute atomic E-state index is 0.0524. The van der Waals surface area contributed by atoms with E-state index in [4.69, 9.17) is 26.9 Å². The van der Waals surface area contributed by atoms with Crippen LogP contribution in [0.2, 0.25) is 5.02 Å². The summed E-state index contributed by atoms with van der Waals surface area (Å²) in [6, 6.07) is 5.60. The van der Waals surface area contributed by atoms with E-state index >= 15 is 0 Å². The molecule has 0 fully saturated rings. The van der Waals surface area contributed by atoms with Crippen molar-refractivity contribution in [2.75, 3.05) is 12.0 Å². The Bertz CT molecular complexity index is 624. The van der Waals surface area contributed by atoms with Crippen LogP contribution in [0.4, 0.5) is 5.95 Å². The molecule has 0 atom stereocenters. The Hall–Kier alpha value is -2.12. The van der Waals surface area contributed by atoms with Crippen LogP contribution >= 0.6 is 11.6 Å². The molecule has 0 aliphatic heterocycles. The molecule has 3 N–H and O–H groups in total. The van der Waals surface area contributed by atoms with E-state index in [1.807, 2.05) is 19.9 Å². The summed E-state index contributed by atoms with van der Waals surface area (Å²) in [4.78, 5) is 12.0. The minimum atomic E-state index is 0.0524. The molecule has 0 aliphatic rings. The number of aromatic nitrogens is 3. The van der Waals surface area contributed by atoms with Crippen LogP contribution in [0.1, 0.15) is 18.9 Å². The summed E-state index contributed by atoms with van der Waals surface area (Å²) in [5.41, 5.74) is 3.34. The molecule has 112 valence electrons. The molecule has 1 heterocycles. The van der Waals surface area contributed by atoms with Gasteiger partial charge in [-0.3, -0.25) is 5.43 Å². The molecule has 0 bridgehead atoms. The molecule has 0 aliphatic carbocycles. The fourth-order valence-electron chi connectivity index (χ4n) is 1.49. The second-order valence-corrected chi connectivity index (χ2v) is 4.66. The van der Waals surface area contributed by atoms with E-state index in [1.165, 1.54) is 0 Å². The Morgan fingerprint density at radius 1 is 1.24 bits per heavy atom. The summed E-state index contributed by atoms with van der Waals surface area (Å²) < 4.78 is 10.9. The fourth-order valence-corrected chi connectivity index (χ4v) is 1.65. The lowest BCUT2D eigenvalue weighted by atomic mass is 10.2. The normalized spacial score (nSPS) is 10.3. The fraction of sp³-hybridized carbons (Fsp3) is 0.308. The Morgan fingerprint density at radius 2 is 2.00 bits per heavy atom. The zero-order valence-corrected chi connectivity index (χ0v) is 12.5. The molecular weight excluding hydrogens is 294 g/mol. The van der Waals surface area contributed by atoms with E-state index in [0.29, 0.717) is 17.4 Å². The van der Waals surface area contributed by atoms with Crippen molar-refractivity contribution in [1.29, 1.82) is 0 Å². The lowest BCUT2D eigenvalue weighted by molar-refractivity contribution is 0.285. The van der Waals surface area contributed by atoms with Gasteiger partial charge in [-0.1, -0.05) is 24.6 Å². The topological polar surface area (TPSA) is 95.2 Å². The first-order chi connectivity index (χ1) is 10.1. The number of hydrazine groups is 1. The second-order valence-electron chi connectivity index (χ2n) is 4.25. The lowest BCUT2D eigenvalue weighted by Crippen LogP contribution is -2.13. The minimum Gasteiger partial charge on any atom is -0.463 e. The number of benzene rings is 1. The van der Waals surface area contributed by atoms with Gasteiger partial charge < -0.3 is 9.47 Å². The molecular formula is C13H16ClN5O2. The third-order valence-electron chi connectivity index (χ3n) is 2.45. The number of rotatable bonds is 6. The highest BCUT2D eigenvalue weighted by Crippen LogP contribution is 2.29. The van der Waals surface area contributed by atoms with Crippen molar-refractivity contribution < 1.29 is 9.47 Å². The van der Waals surface area contributed by atoms with Crippen LogP contribution in [-0.2, 0) is 0 Å². The van der Waals surface area contributed by atoms with Gasteiger partial charge in [0.25, 0.3) is 0 Å². The molecule has 2 aromatic rings. The molecule has 1 aromatic heterocycles. The largest absolute Gasteiger partial charge is 0.463 e. The van der Waals surface area contributed by atoms with Gasteiger partial charge in [-0.2, -0.15) is 9.97 Å². The van der Waals surface area contributed by atoms with E-state index in [-0.39, 0.29) is 18.0 Å². The molecule has 0 radical (unpaired) electrons. The van der Waals surface area contributed by atoms with Gasteiger partial charge in [0.1, 0.15) is 5.75 Å². The van der Waals surface area contributed by atoms with E-state index < -0.39 is 0 Å². The quantitative estimate of drug-likeness (QED) is 0.625. The maximum Gasteiger partial charge on any atom is 0.330 e. The van der Waals surface area contributed by atoms with Gasteiger partial charge in [0.2, 0.25) is 5.95 Å². The zero-order chi connectivity index (χ0) is 15.2. The average Bonchev–Trinajstić information content (AvgIpc) is 2.48. The van der Waals surface area contributed by atoms with E-state index in [9.17, 15) is 0 Å². The Kier molecular flexibility index (Phi) is 5.13. The van der Waals surface area contributed by atoms with Crippen molar-refractivity contribution >= 4 is 17.5 Å². The predicted molar refractivity (Wildman–Crippen MR) is 79.7 cm³/mol. The van der Waals surface area contributed by atoms with Gasteiger partial charge >= 0.3 is 12.0 Å². The molecule has 0 amide bonds. The zero-order valence-electron chi connectivity index (χ0n) is 11.8. The Morgan fingerprint density at radius 3 is 2.71 bits per heavy atom. The van der Waals surface area contributed by atoms with Crippen molar-refractivity contribution in [3.8, 4) is 17.8 Å². The average molecular weight is 310 g/mol. The van der Waals surface area contributed by atoms with E-state index in [0.717, 1.165) is 12.0 Å². The number of aryl methyl sites for hydroxylation is 1. The van der Waals surface area contributed by atoms with Crippen molar-refractivity contribution in [3.63, 3.8) is 0 Å². The summed E-state index contributed by atoms with van der Waals surface area (Å²) in [5.74, 6) is 5.92. The molecule has 1 aromatic carbocycles. The Balaban J connectivity index is 2.27. The van der Waals surface area contributed by atoms with Gasteiger partial charge in [0, 0.05) is 0 Å². The highest BCUT2D eigenvalue weighted by atomic mass is 35.5. The van der Waals surface area contributed by atoms with Crippen molar-refractivity contribution in [3.05, 3.63) is 28.8 Å². The highest BCUT2D eigenvalue weighted by Gasteiger charge is 2.11. The summed E-state index contributed by atoms with van der Waals surface area (Å²) in [5, 5.41) is 0.458. The predicted octanol–water partition coefficient (Wildman–Crippen LogP) is 2.70. The number of nitrogens with zero attached hydrogens (tertiary/aromatic N) is 3. The standard InChI is InChI=1S/C13H16ClN5O2/c1-3-6-20-12-16-11(19-15)17-13(18-12)21-10-7-8(2)4-5-9(10)14/h4-5,7H,3,6,15H2,1-2H3,(H,16,17,18,19). The van der Waals surface area contributed by atoms with Gasteiger partial charge in [-0.15, -0.1) is 4.98 Å². The third-order valence-corrected chi connectivity index (χ3v) is 2.76. The second kappa shape index (κ2) is 7.05. The molecule has 0 unspecified atom stereocenters. The van der Waals surface area contributed by atoms with Crippen LogP contribution in [0.5, 0.6) is 17.8 Å². The van der Waals surface area contributed by atoms with Crippen LogP contribution in [0, 0.1) is 6.92 Å². The maximum absolute atomic E-state index is 6.08. The summed E-state index contributed by atoms with van der Waals surface area (Å²) in [7, 11) is 0. The number of hydrogen-bond donors (Lipinski definition) is 2. The monoisotopic (exact) mass is 309 g/mol. The van der Waals surface area contributed by atoms with Gasteiger partial charge in [0.15, 0.2) is 0 Å². The molecule has 0 saturated heterocycles. The molecule has 21 heavy (non-hydrogen) atoms. The number of nitrogen functional groups attached to an aromatic ring is 1. The number of nitrogens with two attached hydrogens (primary N) is 1. The smallest absolute Gasteiger partial charge is 0.330 e. The lowest BCUT2D eigenvalue weighted by Gasteiger charge is -2.09. The highest BCUT2D eigenvalue weighted by molar-refractivity contribution is 6.32. The number of ether oxygens (including phenoxy) is 2. The Labute approximate surface area is 127 Å². The van der Waals surface area contributed by atoms with Gasteiger partial charge in [0.05, 0.1) is 11.6 Å². The van der Waals surface area contributed by atoms with Crippen LogP contribution in [0.25, 0.3) is 0 Å². The van der Waals surface area contributed by atoms with Crippen molar-refractivity contribution in [1.82, 2.24) is 15.0 Å². The van der Waals surface area contributed by atoms with Crippen LogP contribution in [-0.4, -0.2) is 21.6 Å². The van der Waals surface area contributed by atoms with Crippen LogP contribution in [0.15, 0.2) is 18.2 Å². The number of hydrogen-bond acceptors (Lipinski definition) is 7. The van der Waals surface area contributed by atoms with Crippen LogP contribution < -0.4 is 20.7 Å². The van der Waals surface area contributed by atoms with Gasteiger partial charge in [-0.25, -0.2) is 5.84 Å². The molecule has 2 rings (SSSR count). The first kappa shape index (κ1) is 15.3. The first-order valence-electron chi connectivity index (χ1n) is 6.42. The molecule has 0 saturated carbocycles. The number of halogens is 1. The van der Waals surface area contributed by atoms with Crippen LogP contribution in [0.3, 0.4) is 0 Å². The molecule has 7 nitrogen and oxygen atoms in total. The van der Waals surface area contributed by atoms with E-state index in [2.05, 4.69) is 20.4 Å². The number of nitrogens with one attached hydrogen (secondary N) is 1. The molecule has 0 spiro atoms. The number of anilines is 1. The molecule has 8 heteroatoms. The summed E-state index contributed by atoms with van der Waals surface area (Å²) >= 11 is 6.08. The third kappa shape index (κ3) is 4.17. The van der Waals surface area contributed by atoms with Crippen molar-refractivity contribution in [2.45, 2.75) is 20.3 Å². The van der Waals surface area contributed by atoms with Crippen molar-refractivity contribution in [2.24, 2.45) is 5.84 Å². The summed E-state index contributed by atoms with van der Waals surface area (Å²) in [6.07, 6.45) is 0.830. The van der Waals surface area contributed by atoms with Gasteiger partial charge in [-0.05, 0) is 31.0 Å². The SMILES string of the molecule is CCCOc1nc(NN)nc(Oc2cc(C)ccc2Cl)n1.